The van der Waals surface area contributed by atoms with Crippen LogP contribution in [0.2, 0.25) is 0 Å². The van der Waals surface area contributed by atoms with E-state index in [9.17, 15) is 19.8 Å². The molecule has 0 aromatic heterocycles. The van der Waals surface area contributed by atoms with Gasteiger partial charge in [0.15, 0.2) is 0 Å². The first-order chi connectivity index (χ1) is 37.5. The van der Waals surface area contributed by atoms with Gasteiger partial charge in [0.2, 0.25) is 5.91 Å². The Hall–Kier alpha value is -1.66. The van der Waals surface area contributed by atoms with Crippen molar-refractivity contribution < 1.29 is 24.5 Å². The lowest BCUT2D eigenvalue weighted by atomic mass is 10.0. The van der Waals surface area contributed by atoms with Gasteiger partial charge in [-0.1, -0.05) is 340 Å². The Morgan fingerprint density at radius 2 is 0.618 bits per heavy atom. The van der Waals surface area contributed by atoms with Crippen molar-refractivity contribution in [3.63, 3.8) is 0 Å². The average Bonchev–Trinajstić information content (AvgIpc) is 3.42. The summed E-state index contributed by atoms with van der Waals surface area (Å²) in [6.07, 6.45) is 82.7. The molecule has 0 rings (SSSR count). The summed E-state index contributed by atoms with van der Waals surface area (Å²) in [4.78, 5) is 24.5. The summed E-state index contributed by atoms with van der Waals surface area (Å²) >= 11 is 0. The molecule has 2 atom stereocenters. The number of nitrogens with one attached hydrogen (secondary N) is 1. The predicted molar refractivity (Wildman–Crippen MR) is 333 cm³/mol. The minimum atomic E-state index is -0.840. The number of hydrogen-bond acceptors (Lipinski definition) is 5. The second-order valence-electron chi connectivity index (χ2n) is 23.9. The minimum Gasteiger partial charge on any atom is -0.466 e. The van der Waals surface area contributed by atoms with Crippen molar-refractivity contribution in [2.24, 2.45) is 0 Å². The third-order valence-electron chi connectivity index (χ3n) is 16.2. The fourth-order valence-corrected chi connectivity index (χ4v) is 10.9. The molecular formula is C70H135NO5. The molecule has 3 N–H and O–H groups in total. The SMILES string of the molecule is CCCCCCCCCC/C=C/C(O)C(CO)NC(=O)CCCCCCCCCCCCCCCCCC/C=C\CCCCCCCCCCCCCCOC(=O)CCCCCCCCCCCCCCCCCCC. The molecule has 0 aromatic carbocycles. The van der Waals surface area contributed by atoms with Gasteiger partial charge in [-0.2, -0.15) is 0 Å². The lowest BCUT2D eigenvalue weighted by Gasteiger charge is -2.20. The van der Waals surface area contributed by atoms with Gasteiger partial charge in [0.05, 0.1) is 25.4 Å². The van der Waals surface area contributed by atoms with Crippen LogP contribution in [0.15, 0.2) is 24.3 Å². The van der Waals surface area contributed by atoms with E-state index in [1.54, 1.807) is 6.08 Å². The van der Waals surface area contributed by atoms with E-state index in [4.69, 9.17) is 4.74 Å². The van der Waals surface area contributed by atoms with Crippen molar-refractivity contribution in [1.82, 2.24) is 5.32 Å². The summed E-state index contributed by atoms with van der Waals surface area (Å²) in [6.45, 7) is 4.92. The number of carbonyl (C=O) groups is 2. The zero-order chi connectivity index (χ0) is 55.0. The summed E-state index contributed by atoms with van der Waals surface area (Å²) in [5, 5.41) is 23.0. The van der Waals surface area contributed by atoms with Crippen molar-refractivity contribution in [2.45, 2.75) is 398 Å². The smallest absolute Gasteiger partial charge is 0.305 e. The number of unbranched alkanes of at least 4 members (excludes halogenated alkanes) is 52. The first-order valence-electron chi connectivity index (χ1n) is 34.6. The molecule has 76 heavy (non-hydrogen) atoms. The molecule has 6 nitrogen and oxygen atoms in total. The summed E-state index contributed by atoms with van der Waals surface area (Å²) in [5.74, 6) is -0.0434. The molecule has 0 aliphatic carbocycles. The van der Waals surface area contributed by atoms with E-state index in [-0.39, 0.29) is 18.5 Å². The molecule has 0 heterocycles. The number of esters is 1. The van der Waals surface area contributed by atoms with Crippen LogP contribution < -0.4 is 5.32 Å². The Labute approximate surface area is 475 Å². The van der Waals surface area contributed by atoms with Crippen LogP contribution in [0.25, 0.3) is 0 Å². The Morgan fingerprint density at radius 3 is 0.934 bits per heavy atom. The van der Waals surface area contributed by atoms with Gasteiger partial charge in [0.1, 0.15) is 0 Å². The highest BCUT2D eigenvalue weighted by Crippen LogP contribution is 2.18. The highest BCUT2D eigenvalue weighted by atomic mass is 16.5. The van der Waals surface area contributed by atoms with Gasteiger partial charge in [0, 0.05) is 12.8 Å². The minimum absolute atomic E-state index is 0.0224. The zero-order valence-corrected chi connectivity index (χ0v) is 51.5. The standard InChI is InChI=1S/C70H135NO5/c1-3-5-7-9-11-13-15-16-17-34-38-41-44-48-52-56-60-64-70(75)76-65-61-57-53-49-45-42-39-36-33-31-29-27-25-23-21-19-18-20-22-24-26-28-30-32-35-37-40-43-47-51-55-59-63-69(74)71-67(66-72)68(73)62-58-54-50-46-14-12-10-8-6-4-2/h21,23,58,62,67-68,72-73H,3-20,22,24-57,59-61,63-66H2,1-2H3,(H,71,74)/b23-21-,62-58+. The van der Waals surface area contributed by atoms with E-state index in [1.807, 2.05) is 6.08 Å². The van der Waals surface area contributed by atoms with Crippen molar-refractivity contribution in [2.75, 3.05) is 13.2 Å². The average molecular weight is 1070 g/mol. The molecule has 2 unspecified atom stereocenters. The topological polar surface area (TPSA) is 95.9 Å². The summed E-state index contributed by atoms with van der Waals surface area (Å²) in [5.41, 5.74) is 0. The molecule has 0 saturated carbocycles. The van der Waals surface area contributed by atoms with Gasteiger partial charge in [-0.05, 0) is 57.8 Å². The normalized spacial score (nSPS) is 12.6. The number of hydrogen-bond donors (Lipinski definition) is 3. The lowest BCUT2D eigenvalue weighted by Crippen LogP contribution is -2.45. The number of aliphatic hydroxyl groups is 2. The third-order valence-corrected chi connectivity index (χ3v) is 16.2. The monoisotopic (exact) mass is 1070 g/mol. The number of amides is 1. The van der Waals surface area contributed by atoms with Gasteiger partial charge in [-0.15, -0.1) is 0 Å². The van der Waals surface area contributed by atoms with E-state index in [1.165, 1.54) is 321 Å². The summed E-state index contributed by atoms with van der Waals surface area (Å²) < 4.78 is 5.51. The fraction of sp³-hybridized carbons (Fsp3) is 0.914. The lowest BCUT2D eigenvalue weighted by molar-refractivity contribution is -0.143. The Kier molecular flexibility index (Phi) is 64.4. The molecule has 0 fully saturated rings. The summed E-state index contributed by atoms with van der Waals surface area (Å²) in [6, 6.07) is -0.624. The van der Waals surface area contributed by atoms with Crippen molar-refractivity contribution in [1.29, 1.82) is 0 Å². The van der Waals surface area contributed by atoms with E-state index < -0.39 is 12.1 Å². The fourth-order valence-electron chi connectivity index (χ4n) is 10.9. The van der Waals surface area contributed by atoms with Crippen molar-refractivity contribution in [3.8, 4) is 0 Å². The Morgan fingerprint density at radius 1 is 0.355 bits per heavy atom. The van der Waals surface area contributed by atoms with Gasteiger partial charge in [0.25, 0.3) is 0 Å². The van der Waals surface area contributed by atoms with Gasteiger partial charge < -0.3 is 20.3 Å². The quantitative estimate of drug-likeness (QED) is 0.0320. The number of allylic oxidation sites excluding steroid dienone is 3. The highest BCUT2D eigenvalue weighted by Gasteiger charge is 2.18. The molecule has 0 bridgehead atoms. The van der Waals surface area contributed by atoms with Crippen LogP contribution in [-0.2, 0) is 14.3 Å². The van der Waals surface area contributed by atoms with Crippen LogP contribution in [0, 0.1) is 0 Å². The number of rotatable bonds is 65. The van der Waals surface area contributed by atoms with Crippen molar-refractivity contribution in [3.05, 3.63) is 24.3 Å². The number of ether oxygens (including phenoxy) is 1. The number of aliphatic hydroxyl groups excluding tert-OH is 2. The van der Waals surface area contributed by atoms with Crippen LogP contribution in [0.3, 0.4) is 0 Å². The molecule has 0 radical (unpaired) electrons. The van der Waals surface area contributed by atoms with E-state index in [0.29, 0.717) is 19.4 Å². The molecular weight excluding hydrogens is 935 g/mol. The third kappa shape index (κ3) is 61.6. The van der Waals surface area contributed by atoms with Gasteiger partial charge in [-0.3, -0.25) is 9.59 Å². The molecule has 0 aromatic rings. The van der Waals surface area contributed by atoms with Crippen molar-refractivity contribution >= 4 is 11.9 Å². The van der Waals surface area contributed by atoms with Crippen LogP contribution in [-0.4, -0.2) is 47.4 Å². The molecule has 1 amide bonds. The van der Waals surface area contributed by atoms with Crippen LogP contribution in [0.4, 0.5) is 0 Å². The van der Waals surface area contributed by atoms with Crippen LogP contribution >= 0.6 is 0 Å². The van der Waals surface area contributed by atoms with E-state index in [2.05, 4.69) is 31.3 Å². The van der Waals surface area contributed by atoms with E-state index >= 15 is 0 Å². The van der Waals surface area contributed by atoms with Crippen LogP contribution in [0.1, 0.15) is 386 Å². The first-order valence-corrected chi connectivity index (χ1v) is 34.6. The maximum Gasteiger partial charge on any atom is 0.305 e. The highest BCUT2D eigenvalue weighted by molar-refractivity contribution is 5.76. The molecule has 6 heteroatoms. The maximum atomic E-state index is 12.4. The predicted octanol–water partition coefficient (Wildman–Crippen LogP) is 22.1. The molecule has 0 aliphatic rings. The Balaban J connectivity index is 3.32. The maximum absolute atomic E-state index is 12.4. The van der Waals surface area contributed by atoms with Gasteiger partial charge in [-0.25, -0.2) is 0 Å². The Bertz CT molecular complexity index is 1190. The second kappa shape index (κ2) is 65.9. The first kappa shape index (κ1) is 74.3. The zero-order valence-electron chi connectivity index (χ0n) is 51.5. The number of carbonyl (C=O) groups excluding carboxylic acids is 2. The molecule has 0 aliphatic heterocycles. The summed E-state index contributed by atoms with van der Waals surface area (Å²) in [7, 11) is 0. The molecule has 0 spiro atoms. The second-order valence-corrected chi connectivity index (χ2v) is 23.9. The molecule has 450 valence electrons. The van der Waals surface area contributed by atoms with Crippen LogP contribution in [0.5, 0.6) is 0 Å². The van der Waals surface area contributed by atoms with E-state index in [0.717, 1.165) is 38.5 Å². The largest absolute Gasteiger partial charge is 0.466 e. The molecule has 0 saturated heterocycles. The van der Waals surface area contributed by atoms with Gasteiger partial charge >= 0.3 is 5.97 Å².